The van der Waals surface area contributed by atoms with E-state index >= 15 is 0 Å². The average Bonchev–Trinajstić information content (AvgIpc) is 2.39. The van der Waals surface area contributed by atoms with Crippen LogP contribution in [0.25, 0.3) is 0 Å². The van der Waals surface area contributed by atoms with Crippen LogP contribution in [0.4, 0.5) is 11.4 Å². The normalized spacial score (nSPS) is 12.8. The number of nitrogens with zero attached hydrogens (tertiary/aromatic N) is 1. The third-order valence-electron chi connectivity index (χ3n) is 2.97. The predicted octanol–water partition coefficient (Wildman–Crippen LogP) is 6.00. The molecule has 0 saturated carbocycles. The Labute approximate surface area is 134 Å². The molecule has 0 saturated heterocycles. The van der Waals surface area contributed by atoms with E-state index in [1.165, 1.54) is 21.2 Å². The predicted molar refractivity (Wildman–Crippen MR) is 89.6 cm³/mol. The Morgan fingerprint density at radius 3 is 2.79 bits per heavy atom. The van der Waals surface area contributed by atoms with Gasteiger partial charge in [0.2, 0.25) is 0 Å². The molecule has 96 valence electrons. The minimum absolute atomic E-state index is 0.804. The maximum absolute atomic E-state index is 3.87. The zero-order valence-corrected chi connectivity index (χ0v) is 14.1. The first-order valence-electron chi connectivity index (χ1n) is 5.85. The van der Waals surface area contributed by atoms with Crippen LogP contribution in [0.2, 0.25) is 0 Å². The smallest absolute Gasteiger partial charge is 0.0567 e. The number of benzene rings is 2. The van der Waals surface area contributed by atoms with E-state index in [0.29, 0.717) is 0 Å². The van der Waals surface area contributed by atoms with Gasteiger partial charge in [0, 0.05) is 20.4 Å². The first-order chi connectivity index (χ1) is 9.20. The van der Waals surface area contributed by atoms with E-state index in [1.807, 2.05) is 6.08 Å². The Kier molecular flexibility index (Phi) is 3.74. The van der Waals surface area contributed by atoms with E-state index in [4.69, 9.17) is 0 Å². The van der Waals surface area contributed by atoms with Gasteiger partial charge in [-0.2, -0.15) is 0 Å². The van der Waals surface area contributed by atoms with Crippen molar-refractivity contribution < 1.29 is 0 Å². The van der Waals surface area contributed by atoms with E-state index in [0.717, 1.165) is 15.5 Å². The molecule has 0 radical (unpaired) electrons. The molecule has 0 atom stereocenters. The third-order valence-corrected chi connectivity index (χ3v) is 5.57. The largest absolute Gasteiger partial charge is 0.336 e. The Balaban J connectivity index is 2.20. The highest BCUT2D eigenvalue weighted by molar-refractivity contribution is 9.10. The lowest BCUT2D eigenvalue weighted by atomic mass is 10.2. The average molecular weight is 397 g/mol. The fourth-order valence-corrected chi connectivity index (χ4v) is 4.42. The molecular formula is C15H11Br2NS. The SMILES string of the molecule is C=CCN1c2ccc(Br)cc2Sc2c(Br)cccc21. The van der Waals surface area contributed by atoms with Crippen molar-refractivity contribution in [2.24, 2.45) is 0 Å². The molecule has 1 aliphatic heterocycles. The van der Waals surface area contributed by atoms with Crippen LogP contribution in [0.5, 0.6) is 0 Å². The molecule has 2 aromatic rings. The van der Waals surface area contributed by atoms with E-state index in [2.05, 4.69) is 79.7 Å². The molecule has 19 heavy (non-hydrogen) atoms. The van der Waals surface area contributed by atoms with Crippen LogP contribution >= 0.6 is 43.6 Å². The zero-order chi connectivity index (χ0) is 13.4. The van der Waals surface area contributed by atoms with Gasteiger partial charge < -0.3 is 4.90 Å². The van der Waals surface area contributed by atoms with Crippen molar-refractivity contribution >= 4 is 55.0 Å². The Morgan fingerprint density at radius 1 is 1.16 bits per heavy atom. The molecule has 0 bridgehead atoms. The van der Waals surface area contributed by atoms with Gasteiger partial charge in [-0.05, 0) is 46.3 Å². The van der Waals surface area contributed by atoms with Gasteiger partial charge in [0.15, 0.2) is 0 Å². The van der Waals surface area contributed by atoms with Crippen LogP contribution in [-0.2, 0) is 0 Å². The molecule has 0 unspecified atom stereocenters. The van der Waals surface area contributed by atoms with E-state index in [9.17, 15) is 0 Å². The van der Waals surface area contributed by atoms with Crippen LogP contribution in [0.15, 0.2) is 67.8 Å². The van der Waals surface area contributed by atoms with Crippen LogP contribution in [-0.4, -0.2) is 6.54 Å². The number of anilines is 2. The maximum atomic E-state index is 3.87. The summed E-state index contributed by atoms with van der Waals surface area (Å²) in [6.07, 6.45) is 1.94. The molecule has 0 fully saturated rings. The molecule has 0 N–H and O–H groups in total. The minimum atomic E-state index is 0.804. The fraction of sp³-hybridized carbons (Fsp3) is 0.0667. The van der Waals surface area contributed by atoms with E-state index < -0.39 is 0 Å². The molecule has 1 heterocycles. The van der Waals surface area contributed by atoms with Gasteiger partial charge in [-0.25, -0.2) is 0 Å². The lowest BCUT2D eigenvalue weighted by Gasteiger charge is -2.32. The highest BCUT2D eigenvalue weighted by Gasteiger charge is 2.24. The van der Waals surface area contributed by atoms with Crippen molar-refractivity contribution in [3.8, 4) is 0 Å². The lowest BCUT2D eigenvalue weighted by Crippen LogP contribution is -2.20. The summed E-state index contributed by atoms with van der Waals surface area (Å²) in [6, 6.07) is 12.7. The summed E-state index contributed by atoms with van der Waals surface area (Å²) < 4.78 is 2.24. The van der Waals surface area contributed by atoms with Crippen molar-refractivity contribution in [3.05, 3.63) is 58.0 Å². The summed E-state index contributed by atoms with van der Waals surface area (Å²) in [5, 5.41) is 0. The number of hydrogen-bond acceptors (Lipinski definition) is 2. The van der Waals surface area contributed by atoms with Gasteiger partial charge in [-0.15, -0.1) is 6.58 Å². The van der Waals surface area contributed by atoms with Crippen LogP contribution in [0.3, 0.4) is 0 Å². The first kappa shape index (κ1) is 13.3. The molecule has 0 aliphatic carbocycles. The maximum Gasteiger partial charge on any atom is 0.0567 e. The Bertz CT molecular complexity index is 655. The topological polar surface area (TPSA) is 3.24 Å². The molecular weight excluding hydrogens is 386 g/mol. The van der Waals surface area contributed by atoms with Gasteiger partial charge in [-0.3, -0.25) is 0 Å². The fourth-order valence-electron chi connectivity index (χ4n) is 2.17. The summed E-state index contributed by atoms with van der Waals surface area (Å²) in [7, 11) is 0. The van der Waals surface area contributed by atoms with Gasteiger partial charge in [-0.1, -0.05) is 39.8 Å². The van der Waals surface area contributed by atoms with Crippen LogP contribution in [0, 0.1) is 0 Å². The van der Waals surface area contributed by atoms with Crippen molar-refractivity contribution in [3.63, 3.8) is 0 Å². The summed E-state index contributed by atoms with van der Waals surface area (Å²) >= 11 is 8.99. The lowest BCUT2D eigenvalue weighted by molar-refractivity contribution is 1.03. The minimum Gasteiger partial charge on any atom is -0.336 e. The quantitative estimate of drug-likeness (QED) is 0.572. The highest BCUT2D eigenvalue weighted by Crippen LogP contribution is 2.51. The van der Waals surface area contributed by atoms with Crippen molar-refractivity contribution in [1.82, 2.24) is 0 Å². The second kappa shape index (κ2) is 5.35. The van der Waals surface area contributed by atoms with Gasteiger partial charge in [0.25, 0.3) is 0 Å². The summed E-state index contributed by atoms with van der Waals surface area (Å²) in [5.41, 5.74) is 2.47. The second-order valence-electron chi connectivity index (χ2n) is 4.20. The van der Waals surface area contributed by atoms with Gasteiger partial charge in [0.05, 0.1) is 16.3 Å². The van der Waals surface area contributed by atoms with Gasteiger partial charge >= 0.3 is 0 Å². The van der Waals surface area contributed by atoms with Crippen LogP contribution in [0.1, 0.15) is 0 Å². The number of fused-ring (bicyclic) bond motifs is 2. The number of halogens is 2. The Morgan fingerprint density at radius 2 is 2.00 bits per heavy atom. The van der Waals surface area contributed by atoms with Crippen LogP contribution < -0.4 is 4.90 Å². The zero-order valence-electron chi connectivity index (χ0n) is 10.1. The van der Waals surface area contributed by atoms with Crippen molar-refractivity contribution in [1.29, 1.82) is 0 Å². The molecule has 2 aromatic carbocycles. The van der Waals surface area contributed by atoms with Gasteiger partial charge in [0.1, 0.15) is 0 Å². The summed E-state index contributed by atoms with van der Waals surface area (Å²) in [6.45, 7) is 4.68. The summed E-state index contributed by atoms with van der Waals surface area (Å²) in [5.74, 6) is 0. The summed E-state index contributed by atoms with van der Waals surface area (Å²) in [4.78, 5) is 4.82. The monoisotopic (exact) mass is 395 g/mol. The molecule has 0 spiro atoms. The second-order valence-corrected chi connectivity index (χ2v) is 7.02. The molecule has 4 heteroatoms. The van der Waals surface area contributed by atoms with Crippen molar-refractivity contribution in [2.45, 2.75) is 9.79 Å². The third kappa shape index (κ3) is 2.37. The first-order valence-corrected chi connectivity index (χ1v) is 8.25. The molecule has 1 nitrogen and oxygen atoms in total. The van der Waals surface area contributed by atoms with E-state index in [1.54, 1.807) is 11.8 Å². The van der Waals surface area contributed by atoms with E-state index in [-0.39, 0.29) is 0 Å². The standard InChI is InChI=1S/C15H11Br2NS/c1-2-8-18-12-7-6-10(16)9-14(12)19-15-11(17)4-3-5-13(15)18/h2-7,9H,1,8H2. The number of rotatable bonds is 2. The molecule has 3 rings (SSSR count). The Hall–Kier alpha value is -0.710. The molecule has 1 aliphatic rings. The molecule has 0 aromatic heterocycles. The highest BCUT2D eigenvalue weighted by atomic mass is 79.9. The van der Waals surface area contributed by atoms with Crippen molar-refractivity contribution in [2.75, 3.05) is 11.4 Å². The molecule has 0 amide bonds. The number of hydrogen-bond donors (Lipinski definition) is 0.